The Labute approximate surface area is 282 Å². The molecule has 4 aromatic carbocycles. The van der Waals surface area contributed by atoms with Crippen molar-refractivity contribution in [3.63, 3.8) is 0 Å². The first-order chi connectivity index (χ1) is 22.0. The molecule has 0 aliphatic rings. The number of nitrogens with zero attached hydrogens (tertiary/aromatic N) is 2. The Balaban J connectivity index is 1.80. The summed E-state index contributed by atoms with van der Waals surface area (Å²) in [4.78, 5) is 29.9. The molecule has 0 aliphatic heterocycles. The number of sulfonamides is 1. The van der Waals surface area contributed by atoms with Crippen molar-refractivity contribution in [2.45, 2.75) is 57.5 Å². The minimum atomic E-state index is -4.18. The number of halogens is 2. The molecule has 1 atom stereocenters. The van der Waals surface area contributed by atoms with Gasteiger partial charge in [-0.15, -0.1) is 0 Å². The number of anilines is 1. The number of amides is 2. The molecule has 0 aromatic heterocycles. The van der Waals surface area contributed by atoms with Gasteiger partial charge in [0, 0.05) is 19.5 Å². The van der Waals surface area contributed by atoms with Crippen LogP contribution in [0.3, 0.4) is 0 Å². The fourth-order valence-electron chi connectivity index (χ4n) is 5.04. The van der Waals surface area contributed by atoms with Gasteiger partial charge in [-0.25, -0.2) is 8.42 Å². The normalized spacial score (nSPS) is 11.9. The summed E-state index contributed by atoms with van der Waals surface area (Å²) in [6.45, 7) is 5.68. The number of hydrogen-bond donors (Lipinski definition) is 1. The van der Waals surface area contributed by atoms with Gasteiger partial charge in [0.1, 0.15) is 12.6 Å². The van der Waals surface area contributed by atoms with Crippen LogP contribution in [-0.2, 0) is 32.6 Å². The highest BCUT2D eigenvalue weighted by Gasteiger charge is 2.34. The molecule has 0 saturated heterocycles. The Morgan fingerprint density at radius 1 is 0.804 bits per heavy atom. The third-order valence-corrected chi connectivity index (χ3v) is 10.1. The standard InChI is InChI=1S/C36H39Cl2N3O4S/c1-4-5-20-39-36(43)34(23-28-11-7-6-8-12-28)40(24-29-16-19-32(37)33(38)22-29)35(42)25-41(30-13-9-10-27(3)21-30)46(44,45)31-17-14-26(2)15-18-31/h6-19,21-22,34H,4-5,20,23-25H2,1-3H3,(H,39,43)/t34-/m1/s1. The second kappa shape index (κ2) is 16.1. The zero-order valence-corrected chi connectivity index (χ0v) is 28.6. The molecule has 0 spiro atoms. The Hall–Kier alpha value is -3.85. The highest BCUT2D eigenvalue weighted by molar-refractivity contribution is 7.92. The average molecular weight is 681 g/mol. The van der Waals surface area contributed by atoms with Crippen LogP contribution < -0.4 is 9.62 Å². The van der Waals surface area contributed by atoms with Gasteiger partial charge in [-0.05, 0) is 73.4 Å². The van der Waals surface area contributed by atoms with Crippen molar-refractivity contribution < 1.29 is 18.0 Å². The van der Waals surface area contributed by atoms with Gasteiger partial charge in [-0.1, -0.05) is 103 Å². The number of benzene rings is 4. The number of carbonyl (C=O) groups is 2. The zero-order valence-electron chi connectivity index (χ0n) is 26.2. The van der Waals surface area contributed by atoms with Gasteiger partial charge < -0.3 is 10.2 Å². The van der Waals surface area contributed by atoms with E-state index in [1.807, 2.05) is 57.2 Å². The second-order valence-corrected chi connectivity index (χ2v) is 14.0. The number of nitrogens with one attached hydrogen (secondary N) is 1. The van der Waals surface area contributed by atoms with E-state index in [4.69, 9.17) is 23.2 Å². The summed E-state index contributed by atoms with van der Waals surface area (Å²) in [5, 5.41) is 3.65. The van der Waals surface area contributed by atoms with Crippen LogP contribution in [0.15, 0.2) is 102 Å². The van der Waals surface area contributed by atoms with Crippen LogP contribution in [-0.4, -0.2) is 44.3 Å². The molecule has 0 fully saturated rings. The summed E-state index contributed by atoms with van der Waals surface area (Å²) in [5.41, 5.74) is 3.58. The molecule has 0 unspecified atom stereocenters. The quantitative estimate of drug-likeness (QED) is 0.141. The maximum atomic E-state index is 14.5. The van der Waals surface area contributed by atoms with Crippen LogP contribution >= 0.6 is 23.2 Å². The number of unbranched alkanes of at least 4 members (excludes halogenated alkanes) is 1. The summed E-state index contributed by atoms with van der Waals surface area (Å²) in [5.74, 6) is -0.871. The highest BCUT2D eigenvalue weighted by atomic mass is 35.5. The lowest BCUT2D eigenvalue weighted by Gasteiger charge is -2.34. The molecule has 7 nitrogen and oxygen atoms in total. The SMILES string of the molecule is CCCCNC(=O)[C@@H](Cc1ccccc1)N(Cc1ccc(Cl)c(Cl)c1)C(=O)CN(c1cccc(C)c1)S(=O)(=O)c1ccc(C)cc1. The number of hydrogen-bond acceptors (Lipinski definition) is 4. The average Bonchev–Trinajstić information content (AvgIpc) is 3.03. The fourth-order valence-corrected chi connectivity index (χ4v) is 6.77. The number of rotatable bonds is 14. The van der Waals surface area contributed by atoms with E-state index in [0.29, 0.717) is 27.8 Å². The largest absolute Gasteiger partial charge is 0.354 e. The van der Waals surface area contributed by atoms with Crippen molar-refractivity contribution in [3.8, 4) is 0 Å². The fraction of sp³-hybridized carbons (Fsp3) is 0.278. The first kappa shape index (κ1) is 35.0. The topological polar surface area (TPSA) is 86.8 Å². The minimum Gasteiger partial charge on any atom is -0.354 e. The van der Waals surface area contributed by atoms with Gasteiger partial charge in [0.15, 0.2) is 0 Å². The first-order valence-corrected chi connectivity index (χ1v) is 17.4. The van der Waals surface area contributed by atoms with E-state index in [9.17, 15) is 18.0 Å². The minimum absolute atomic E-state index is 0.000652. The predicted octanol–water partition coefficient (Wildman–Crippen LogP) is 7.36. The van der Waals surface area contributed by atoms with Crippen molar-refractivity contribution in [2.75, 3.05) is 17.4 Å². The van der Waals surface area contributed by atoms with E-state index in [0.717, 1.165) is 33.8 Å². The smallest absolute Gasteiger partial charge is 0.264 e. The number of carbonyl (C=O) groups excluding carboxylic acids is 2. The Kier molecular flexibility index (Phi) is 12.3. The molecule has 10 heteroatoms. The molecule has 0 heterocycles. The second-order valence-electron chi connectivity index (χ2n) is 11.3. The maximum Gasteiger partial charge on any atom is 0.264 e. The van der Waals surface area contributed by atoms with Crippen LogP contribution in [0.4, 0.5) is 5.69 Å². The first-order valence-electron chi connectivity index (χ1n) is 15.2. The van der Waals surface area contributed by atoms with Crippen LogP contribution in [0.2, 0.25) is 10.0 Å². The summed E-state index contributed by atoms with van der Waals surface area (Å²) in [6, 6.07) is 27.0. The van der Waals surface area contributed by atoms with Crippen LogP contribution in [0.5, 0.6) is 0 Å². The van der Waals surface area contributed by atoms with Crippen molar-refractivity contribution in [1.82, 2.24) is 10.2 Å². The summed E-state index contributed by atoms with van der Waals surface area (Å²) in [6.07, 6.45) is 1.89. The molecule has 1 N–H and O–H groups in total. The third kappa shape index (κ3) is 9.12. The van der Waals surface area contributed by atoms with E-state index in [1.54, 1.807) is 48.5 Å². The van der Waals surface area contributed by atoms with Crippen molar-refractivity contribution >= 4 is 50.7 Å². The molecule has 0 radical (unpaired) electrons. The van der Waals surface area contributed by atoms with Gasteiger partial charge in [0.05, 0.1) is 20.6 Å². The third-order valence-electron chi connectivity index (χ3n) is 7.62. The molecule has 0 bridgehead atoms. The molecular formula is C36H39Cl2N3O4S. The molecule has 4 rings (SSSR count). The van der Waals surface area contributed by atoms with Crippen molar-refractivity contribution in [1.29, 1.82) is 0 Å². The highest BCUT2D eigenvalue weighted by Crippen LogP contribution is 2.27. The summed E-state index contributed by atoms with van der Waals surface area (Å²) in [7, 11) is -4.18. The van der Waals surface area contributed by atoms with Crippen molar-refractivity contribution in [3.05, 3.63) is 129 Å². The summed E-state index contributed by atoms with van der Waals surface area (Å²) >= 11 is 12.5. The van der Waals surface area contributed by atoms with E-state index in [1.165, 1.54) is 17.0 Å². The zero-order chi connectivity index (χ0) is 33.3. The Bertz CT molecular complexity index is 1750. The van der Waals surface area contributed by atoms with Gasteiger partial charge in [-0.2, -0.15) is 0 Å². The molecule has 4 aromatic rings. The molecular weight excluding hydrogens is 641 g/mol. The molecule has 242 valence electrons. The molecule has 0 saturated carbocycles. The lowest BCUT2D eigenvalue weighted by Crippen LogP contribution is -2.53. The number of aryl methyl sites for hydroxylation is 2. The Morgan fingerprint density at radius 2 is 1.52 bits per heavy atom. The predicted molar refractivity (Wildman–Crippen MR) is 186 cm³/mol. The van der Waals surface area contributed by atoms with E-state index < -0.39 is 28.5 Å². The monoisotopic (exact) mass is 679 g/mol. The molecule has 2 amide bonds. The van der Waals surface area contributed by atoms with Crippen LogP contribution in [0.1, 0.15) is 42.0 Å². The molecule has 46 heavy (non-hydrogen) atoms. The van der Waals surface area contributed by atoms with E-state index in [-0.39, 0.29) is 23.8 Å². The van der Waals surface area contributed by atoms with Gasteiger partial charge in [-0.3, -0.25) is 13.9 Å². The van der Waals surface area contributed by atoms with Gasteiger partial charge >= 0.3 is 0 Å². The maximum absolute atomic E-state index is 14.5. The van der Waals surface area contributed by atoms with E-state index >= 15 is 0 Å². The Morgan fingerprint density at radius 3 is 2.17 bits per heavy atom. The summed E-state index contributed by atoms with van der Waals surface area (Å²) < 4.78 is 29.4. The molecule has 0 aliphatic carbocycles. The van der Waals surface area contributed by atoms with Crippen LogP contribution in [0.25, 0.3) is 0 Å². The van der Waals surface area contributed by atoms with Gasteiger partial charge in [0.2, 0.25) is 11.8 Å². The van der Waals surface area contributed by atoms with E-state index in [2.05, 4.69) is 5.32 Å². The lowest BCUT2D eigenvalue weighted by molar-refractivity contribution is -0.140. The van der Waals surface area contributed by atoms with Gasteiger partial charge in [0.25, 0.3) is 10.0 Å². The van der Waals surface area contributed by atoms with Crippen LogP contribution in [0, 0.1) is 13.8 Å². The van der Waals surface area contributed by atoms with Crippen molar-refractivity contribution in [2.24, 2.45) is 0 Å². The lowest BCUT2D eigenvalue weighted by atomic mass is 10.0.